The van der Waals surface area contributed by atoms with Gasteiger partial charge in [0.15, 0.2) is 6.61 Å². The maximum absolute atomic E-state index is 12.6. The first kappa shape index (κ1) is 23.1. The second-order valence-electron chi connectivity index (χ2n) is 7.01. The molecule has 0 aliphatic carbocycles. The van der Waals surface area contributed by atoms with Crippen molar-refractivity contribution < 1.29 is 19.1 Å². The number of benzene rings is 3. The second-order valence-corrected chi connectivity index (χ2v) is 7.01. The highest BCUT2D eigenvalue weighted by Crippen LogP contribution is 2.24. The van der Waals surface area contributed by atoms with E-state index < -0.39 is 5.91 Å². The van der Waals surface area contributed by atoms with Crippen LogP contribution < -0.4 is 20.1 Å². The summed E-state index contributed by atoms with van der Waals surface area (Å²) in [7, 11) is 1.52. The van der Waals surface area contributed by atoms with Gasteiger partial charge < -0.3 is 20.1 Å². The molecule has 0 aliphatic rings. The van der Waals surface area contributed by atoms with Gasteiger partial charge in [0.25, 0.3) is 11.8 Å². The van der Waals surface area contributed by atoms with E-state index in [0.717, 1.165) is 5.56 Å². The second kappa shape index (κ2) is 11.2. The van der Waals surface area contributed by atoms with Crippen LogP contribution in [0.3, 0.4) is 0 Å². The van der Waals surface area contributed by atoms with Crippen molar-refractivity contribution in [3.63, 3.8) is 0 Å². The van der Waals surface area contributed by atoms with E-state index in [1.54, 1.807) is 60.7 Å². The van der Waals surface area contributed by atoms with Crippen molar-refractivity contribution in [2.45, 2.75) is 6.92 Å². The Balaban J connectivity index is 1.71. The third-order valence-corrected chi connectivity index (χ3v) is 4.72. The fourth-order valence-electron chi connectivity index (χ4n) is 3.02. The maximum Gasteiger partial charge on any atom is 0.266 e. The highest BCUT2D eigenvalue weighted by atomic mass is 16.5. The molecule has 3 aromatic carbocycles. The number of ether oxygens (including phenoxy) is 2. The summed E-state index contributed by atoms with van der Waals surface area (Å²) >= 11 is 0. The van der Waals surface area contributed by atoms with Gasteiger partial charge in [0, 0.05) is 11.3 Å². The van der Waals surface area contributed by atoms with Gasteiger partial charge in [0.2, 0.25) is 0 Å². The highest BCUT2D eigenvalue weighted by molar-refractivity contribution is 6.10. The monoisotopic (exact) mass is 441 g/mol. The number of aryl methyl sites for hydroxylation is 1. The van der Waals surface area contributed by atoms with E-state index in [0.29, 0.717) is 28.4 Å². The predicted octanol–water partition coefficient (Wildman–Crippen LogP) is 4.57. The number of carbonyl (C=O) groups excluding carboxylic acids is 2. The molecule has 166 valence electrons. The Kier molecular flexibility index (Phi) is 7.81. The number of para-hydroxylation sites is 4. The average Bonchev–Trinajstić information content (AvgIpc) is 2.83. The Labute approximate surface area is 192 Å². The Bertz CT molecular complexity index is 1230. The number of hydrogen-bond donors (Lipinski definition) is 2. The zero-order chi connectivity index (χ0) is 23.6. The minimum Gasteiger partial charge on any atom is -0.495 e. The minimum atomic E-state index is -0.532. The van der Waals surface area contributed by atoms with Crippen LogP contribution in [-0.2, 0) is 9.59 Å². The number of amides is 2. The normalized spacial score (nSPS) is 10.6. The first-order chi connectivity index (χ1) is 16.0. The van der Waals surface area contributed by atoms with Gasteiger partial charge in [-0.05, 0) is 42.8 Å². The van der Waals surface area contributed by atoms with Crippen LogP contribution in [0.1, 0.15) is 11.1 Å². The van der Waals surface area contributed by atoms with E-state index in [-0.39, 0.29) is 18.1 Å². The van der Waals surface area contributed by atoms with Crippen LogP contribution >= 0.6 is 0 Å². The predicted molar refractivity (Wildman–Crippen MR) is 127 cm³/mol. The summed E-state index contributed by atoms with van der Waals surface area (Å²) in [6, 6.07) is 23.1. The molecule has 3 aromatic rings. The van der Waals surface area contributed by atoms with Gasteiger partial charge >= 0.3 is 0 Å². The smallest absolute Gasteiger partial charge is 0.266 e. The molecule has 0 heterocycles. The molecule has 0 spiro atoms. The molecule has 0 aromatic heterocycles. The lowest BCUT2D eigenvalue weighted by atomic mass is 10.1. The molecular formula is C26H23N3O4. The van der Waals surface area contributed by atoms with Gasteiger partial charge in [-0.1, -0.05) is 48.5 Å². The molecule has 2 N–H and O–H groups in total. The standard InChI is InChI=1S/C26H23N3O4/c1-18-9-3-5-11-21(18)29-26(31)20(16-27)15-19-10-4-7-13-23(19)33-17-25(30)28-22-12-6-8-14-24(22)32-2/h3-15H,17H2,1-2H3,(H,28,30)(H,29,31)/b20-15-. The summed E-state index contributed by atoms with van der Waals surface area (Å²) < 4.78 is 10.9. The molecular weight excluding hydrogens is 418 g/mol. The summed E-state index contributed by atoms with van der Waals surface area (Å²) in [6.45, 7) is 1.60. The first-order valence-corrected chi connectivity index (χ1v) is 10.1. The lowest BCUT2D eigenvalue weighted by molar-refractivity contribution is -0.118. The molecule has 33 heavy (non-hydrogen) atoms. The summed E-state index contributed by atoms with van der Waals surface area (Å²) in [5.74, 6) is -0.0109. The molecule has 0 saturated carbocycles. The number of hydrogen-bond acceptors (Lipinski definition) is 5. The van der Waals surface area contributed by atoms with E-state index in [2.05, 4.69) is 10.6 Å². The summed E-state index contributed by atoms with van der Waals surface area (Å²) in [4.78, 5) is 25.0. The molecule has 0 saturated heterocycles. The minimum absolute atomic E-state index is 0.0900. The largest absolute Gasteiger partial charge is 0.495 e. The topological polar surface area (TPSA) is 100 Å². The molecule has 7 nitrogen and oxygen atoms in total. The maximum atomic E-state index is 12.6. The van der Waals surface area contributed by atoms with Crippen molar-refractivity contribution in [3.05, 3.63) is 89.5 Å². The van der Waals surface area contributed by atoms with Crippen molar-refractivity contribution in [3.8, 4) is 17.6 Å². The number of methoxy groups -OCH3 is 1. The molecule has 0 aliphatic heterocycles. The average molecular weight is 441 g/mol. The Morgan fingerprint density at radius 1 is 0.909 bits per heavy atom. The lowest BCUT2D eigenvalue weighted by Gasteiger charge is -2.12. The zero-order valence-corrected chi connectivity index (χ0v) is 18.3. The first-order valence-electron chi connectivity index (χ1n) is 10.1. The zero-order valence-electron chi connectivity index (χ0n) is 18.3. The van der Waals surface area contributed by atoms with Gasteiger partial charge in [-0.25, -0.2) is 0 Å². The number of rotatable bonds is 8. The molecule has 3 rings (SSSR count). The van der Waals surface area contributed by atoms with Crippen molar-refractivity contribution in [2.24, 2.45) is 0 Å². The summed E-state index contributed by atoms with van der Waals surface area (Å²) in [5.41, 5.74) is 2.45. The van der Waals surface area contributed by atoms with Gasteiger partial charge in [-0.15, -0.1) is 0 Å². The molecule has 7 heteroatoms. The van der Waals surface area contributed by atoms with E-state index in [9.17, 15) is 14.9 Å². The number of nitrogens with zero attached hydrogens (tertiary/aromatic N) is 1. The van der Waals surface area contributed by atoms with Gasteiger partial charge in [0.1, 0.15) is 23.1 Å². The van der Waals surface area contributed by atoms with Crippen LogP contribution in [-0.4, -0.2) is 25.5 Å². The quantitative estimate of drug-likeness (QED) is 0.394. The summed E-state index contributed by atoms with van der Waals surface area (Å²) in [6.07, 6.45) is 1.43. The number of nitrogens with one attached hydrogen (secondary N) is 2. The van der Waals surface area contributed by atoms with Crippen molar-refractivity contribution in [1.82, 2.24) is 0 Å². The Morgan fingerprint density at radius 3 is 2.24 bits per heavy atom. The lowest BCUT2D eigenvalue weighted by Crippen LogP contribution is -2.20. The van der Waals surface area contributed by atoms with Crippen LogP contribution in [0, 0.1) is 18.3 Å². The third kappa shape index (κ3) is 6.21. The fourth-order valence-corrected chi connectivity index (χ4v) is 3.02. The highest BCUT2D eigenvalue weighted by Gasteiger charge is 2.13. The summed E-state index contributed by atoms with van der Waals surface area (Å²) in [5, 5.41) is 15.0. The molecule has 0 atom stereocenters. The Hall–Kier alpha value is -4.57. The van der Waals surface area contributed by atoms with Crippen molar-refractivity contribution >= 4 is 29.3 Å². The number of anilines is 2. The van der Waals surface area contributed by atoms with Crippen LogP contribution in [0.15, 0.2) is 78.4 Å². The van der Waals surface area contributed by atoms with Crippen LogP contribution in [0.4, 0.5) is 11.4 Å². The van der Waals surface area contributed by atoms with Crippen molar-refractivity contribution in [2.75, 3.05) is 24.4 Å². The fraction of sp³-hybridized carbons (Fsp3) is 0.115. The molecule has 0 bridgehead atoms. The third-order valence-electron chi connectivity index (χ3n) is 4.72. The molecule has 0 radical (unpaired) electrons. The van der Waals surface area contributed by atoms with E-state index in [1.807, 2.05) is 25.1 Å². The van der Waals surface area contributed by atoms with Crippen LogP contribution in [0.2, 0.25) is 0 Å². The van der Waals surface area contributed by atoms with E-state index >= 15 is 0 Å². The van der Waals surface area contributed by atoms with Gasteiger partial charge in [0.05, 0.1) is 12.8 Å². The van der Waals surface area contributed by atoms with E-state index in [4.69, 9.17) is 9.47 Å². The van der Waals surface area contributed by atoms with Gasteiger partial charge in [-0.3, -0.25) is 9.59 Å². The van der Waals surface area contributed by atoms with Gasteiger partial charge in [-0.2, -0.15) is 5.26 Å². The molecule has 0 fully saturated rings. The molecule has 0 unspecified atom stereocenters. The number of carbonyl (C=O) groups is 2. The van der Waals surface area contributed by atoms with Crippen LogP contribution in [0.25, 0.3) is 6.08 Å². The van der Waals surface area contributed by atoms with Crippen LogP contribution in [0.5, 0.6) is 11.5 Å². The van der Waals surface area contributed by atoms with Crippen molar-refractivity contribution in [1.29, 1.82) is 5.26 Å². The number of nitriles is 1. The van der Waals surface area contributed by atoms with E-state index in [1.165, 1.54) is 13.2 Å². The molecule has 2 amide bonds. The Morgan fingerprint density at radius 2 is 1.55 bits per heavy atom. The SMILES string of the molecule is COc1ccccc1NC(=O)COc1ccccc1/C=C(/C#N)C(=O)Nc1ccccc1C.